The number of rotatable bonds is 4. The smallest absolute Gasteiger partial charge is 0.0841 e. The van der Waals surface area contributed by atoms with Crippen LogP contribution in [0.25, 0.3) is 10.9 Å². The third-order valence-corrected chi connectivity index (χ3v) is 4.78. The van der Waals surface area contributed by atoms with E-state index < -0.39 is 0 Å². The van der Waals surface area contributed by atoms with E-state index in [1.165, 1.54) is 20.7 Å². The minimum absolute atomic E-state index is 0.356. The maximum absolute atomic E-state index is 4.62. The molecule has 3 nitrogen and oxygen atoms in total. The first-order chi connectivity index (χ1) is 9.65. The summed E-state index contributed by atoms with van der Waals surface area (Å²) in [6, 6.07) is 13.1. The highest BCUT2D eigenvalue weighted by Gasteiger charge is 2.11. The van der Waals surface area contributed by atoms with Gasteiger partial charge in [-0.1, -0.05) is 18.2 Å². The summed E-state index contributed by atoms with van der Waals surface area (Å²) < 4.78 is 1.95. The molecule has 2 aromatic heterocycles. The molecule has 0 saturated carbocycles. The molecule has 0 aliphatic carbocycles. The first-order valence-electron chi connectivity index (χ1n) is 6.85. The summed E-state index contributed by atoms with van der Waals surface area (Å²) in [5.74, 6) is 0. The van der Waals surface area contributed by atoms with E-state index in [0.717, 1.165) is 12.2 Å². The van der Waals surface area contributed by atoms with E-state index in [2.05, 4.69) is 60.7 Å². The highest BCUT2D eigenvalue weighted by atomic mass is 32.1. The lowest BCUT2D eigenvalue weighted by atomic mass is 10.2. The minimum Gasteiger partial charge on any atom is -0.304 e. The summed E-state index contributed by atoms with van der Waals surface area (Å²) in [6.45, 7) is 5.14. The summed E-state index contributed by atoms with van der Waals surface area (Å²) in [5.41, 5.74) is 2.30. The lowest BCUT2D eigenvalue weighted by Gasteiger charge is -2.10. The fourth-order valence-corrected chi connectivity index (χ4v) is 3.36. The monoisotopic (exact) mass is 285 g/mol. The maximum Gasteiger partial charge on any atom is 0.0841 e. The zero-order valence-electron chi connectivity index (χ0n) is 12.1. The summed E-state index contributed by atoms with van der Waals surface area (Å²) >= 11 is 1.85. The van der Waals surface area contributed by atoms with Crippen LogP contribution in [-0.2, 0) is 13.6 Å². The van der Waals surface area contributed by atoms with Crippen molar-refractivity contribution in [3.05, 3.63) is 51.8 Å². The maximum atomic E-state index is 4.62. The second-order valence-electron chi connectivity index (χ2n) is 5.14. The first kappa shape index (κ1) is 13.3. The van der Waals surface area contributed by atoms with Gasteiger partial charge in [0, 0.05) is 34.8 Å². The molecule has 3 aromatic rings. The lowest BCUT2D eigenvalue weighted by molar-refractivity contribution is 0.571. The molecule has 0 aliphatic rings. The van der Waals surface area contributed by atoms with Crippen LogP contribution >= 0.6 is 11.3 Å². The number of hydrogen-bond acceptors (Lipinski definition) is 3. The van der Waals surface area contributed by atoms with Crippen molar-refractivity contribution >= 4 is 22.2 Å². The van der Waals surface area contributed by atoms with Gasteiger partial charge in [-0.15, -0.1) is 11.3 Å². The van der Waals surface area contributed by atoms with E-state index in [4.69, 9.17) is 0 Å². The molecular weight excluding hydrogens is 266 g/mol. The summed E-state index contributed by atoms with van der Waals surface area (Å²) in [6.07, 6.45) is 0. The number of para-hydroxylation sites is 1. The Labute approximate surface area is 123 Å². The van der Waals surface area contributed by atoms with Gasteiger partial charge in [0.15, 0.2) is 0 Å². The Hall–Kier alpha value is -1.65. The van der Waals surface area contributed by atoms with Crippen molar-refractivity contribution in [3.8, 4) is 0 Å². The van der Waals surface area contributed by atoms with E-state index >= 15 is 0 Å². The quantitative estimate of drug-likeness (QED) is 0.790. The molecule has 4 heteroatoms. The minimum atomic E-state index is 0.356. The summed E-state index contributed by atoms with van der Waals surface area (Å²) in [7, 11) is 2.00. The molecule has 3 rings (SSSR count). The molecule has 104 valence electrons. The van der Waals surface area contributed by atoms with Crippen LogP contribution in [-0.4, -0.2) is 9.78 Å². The van der Waals surface area contributed by atoms with Crippen LogP contribution in [0.5, 0.6) is 0 Å². The topological polar surface area (TPSA) is 29.9 Å². The van der Waals surface area contributed by atoms with E-state index in [-0.39, 0.29) is 0 Å². The molecule has 1 atom stereocenters. The van der Waals surface area contributed by atoms with Gasteiger partial charge < -0.3 is 5.32 Å². The van der Waals surface area contributed by atoms with Gasteiger partial charge in [-0.05, 0) is 32.0 Å². The molecule has 1 aromatic carbocycles. The Bertz CT molecular complexity index is 726. The van der Waals surface area contributed by atoms with Crippen molar-refractivity contribution in [2.24, 2.45) is 7.05 Å². The molecule has 20 heavy (non-hydrogen) atoms. The van der Waals surface area contributed by atoms with Crippen molar-refractivity contribution in [1.82, 2.24) is 15.1 Å². The fourth-order valence-electron chi connectivity index (χ4n) is 2.46. The van der Waals surface area contributed by atoms with Gasteiger partial charge in [-0.2, -0.15) is 5.10 Å². The molecule has 0 saturated heterocycles. The molecule has 0 radical (unpaired) electrons. The van der Waals surface area contributed by atoms with E-state index in [1.807, 2.05) is 23.1 Å². The standard InChI is InChI=1S/C16H19N3S/c1-11-8-9-16(20-11)12(2)17-10-14-13-6-4-5-7-15(13)19(3)18-14/h4-9,12,17H,10H2,1-3H3. The number of thiophene rings is 1. The number of hydrogen-bond donors (Lipinski definition) is 1. The second kappa shape index (κ2) is 5.38. The van der Waals surface area contributed by atoms with Gasteiger partial charge in [0.25, 0.3) is 0 Å². The fraction of sp³-hybridized carbons (Fsp3) is 0.312. The molecule has 0 fully saturated rings. The molecule has 2 heterocycles. The number of benzene rings is 1. The average Bonchev–Trinajstić information content (AvgIpc) is 3.01. The normalized spacial score (nSPS) is 12.9. The highest BCUT2D eigenvalue weighted by molar-refractivity contribution is 7.12. The van der Waals surface area contributed by atoms with Crippen LogP contribution in [0, 0.1) is 6.92 Å². The van der Waals surface area contributed by atoms with Crippen LogP contribution in [0.1, 0.15) is 28.4 Å². The SMILES string of the molecule is Cc1ccc(C(C)NCc2nn(C)c3ccccc23)s1. The van der Waals surface area contributed by atoms with Crippen LogP contribution in [0.3, 0.4) is 0 Å². The number of nitrogens with zero attached hydrogens (tertiary/aromatic N) is 2. The highest BCUT2D eigenvalue weighted by Crippen LogP contribution is 2.23. The Morgan fingerprint density at radius 2 is 2.05 bits per heavy atom. The van der Waals surface area contributed by atoms with Crippen molar-refractivity contribution in [2.45, 2.75) is 26.4 Å². The predicted octanol–water partition coefficient (Wildman–Crippen LogP) is 3.79. The van der Waals surface area contributed by atoms with Crippen LogP contribution in [0.2, 0.25) is 0 Å². The Morgan fingerprint density at radius 1 is 1.25 bits per heavy atom. The van der Waals surface area contributed by atoms with Gasteiger partial charge in [-0.3, -0.25) is 4.68 Å². The number of aromatic nitrogens is 2. The van der Waals surface area contributed by atoms with E-state index in [0.29, 0.717) is 6.04 Å². The van der Waals surface area contributed by atoms with Gasteiger partial charge in [0.2, 0.25) is 0 Å². The number of aryl methyl sites for hydroxylation is 2. The largest absolute Gasteiger partial charge is 0.304 e. The Kier molecular flexibility index (Phi) is 3.59. The van der Waals surface area contributed by atoms with Crippen LogP contribution in [0.4, 0.5) is 0 Å². The second-order valence-corrected chi connectivity index (χ2v) is 6.46. The third kappa shape index (κ3) is 2.49. The van der Waals surface area contributed by atoms with E-state index in [1.54, 1.807) is 0 Å². The van der Waals surface area contributed by atoms with Gasteiger partial charge in [0.05, 0.1) is 11.2 Å². The van der Waals surface area contributed by atoms with Crippen LogP contribution < -0.4 is 5.32 Å². The van der Waals surface area contributed by atoms with Gasteiger partial charge >= 0.3 is 0 Å². The Balaban J connectivity index is 1.77. The molecule has 1 N–H and O–H groups in total. The number of fused-ring (bicyclic) bond motifs is 1. The van der Waals surface area contributed by atoms with Crippen LogP contribution in [0.15, 0.2) is 36.4 Å². The summed E-state index contributed by atoms with van der Waals surface area (Å²) in [5, 5.41) is 9.42. The average molecular weight is 285 g/mol. The zero-order valence-corrected chi connectivity index (χ0v) is 12.9. The van der Waals surface area contributed by atoms with Gasteiger partial charge in [-0.25, -0.2) is 0 Å². The van der Waals surface area contributed by atoms with E-state index in [9.17, 15) is 0 Å². The third-order valence-electron chi connectivity index (χ3n) is 3.60. The van der Waals surface area contributed by atoms with Crippen molar-refractivity contribution in [2.75, 3.05) is 0 Å². The van der Waals surface area contributed by atoms with Crippen molar-refractivity contribution < 1.29 is 0 Å². The number of nitrogens with one attached hydrogen (secondary N) is 1. The zero-order chi connectivity index (χ0) is 14.1. The Morgan fingerprint density at radius 3 is 2.80 bits per heavy atom. The van der Waals surface area contributed by atoms with Crippen molar-refractivity contribution in [1.29, 1.82) is 0 Å². The molecule has 0 spiro atoms. The summed E-state index contributed by atoms with van der Waals surface area (Å²) in [4.78, 5) is 2.74. The van der Waals surface area contributed by atoms with Crippen molar-refractivity contribution in [3.63, 3.8) is 0 Å². The molecule has 0 amide bonds. The predicted molar refractivity (Wildman–Crippen MR) is 85.0 cm³/mol. The lowest BCUT2D eigenvalue weighted by Crippen LogP contribution is -2.17. The first-order valence-corrected chi connectivity index (χ1v) is 7.67. The molecular formula is C16H19N3S. The molecule has 1 unspecified atom stereocenters. The molecule has 0 aliphatic heterocycles. The van der Waals surface area contributed by atoms with Gasteiger partial charge in [0.1, 0.15) is 0 Å². The molecule has 0 bridgehead atoms.